The van der Waals surface area contributed by atoms with Crippen LogP contribution >= 0.6 is 0 Å². The number of aromatic nitrogens is 2. The van der Waals surface area contributed by atoms with Gasteiger partial charge < -0.3 is 15.3 Å². The molecule has 3 N–H and O–H groups in total. The van der Waals surface area contributed by atoms with Gasteiger partial charge >= 0.3 is 0 Å². The van der Waals surface area contributed by atoms with E-state index in [4.69, 9.17) is 0 Å². The molecule has 0 spiro atoms. The highest BCUT2D eigenvalue weighted by atomic mass is 16.1. The summed E-state index contributed by atoms with van der Waals surface area (Å²) in [6.45, 7) is 0. The zero-order valence-electron chi connectivity index (χ0n) is 16.1. The molecule has 3 aromatic carbocycles. The van der Waals surface area contributed by atoms with E-state index in [-0.39, 0.29) is 17.9 Å². The number of amides is 1. The van der Waals surface area contributed by atoms with Crippen molar-refractivity contribution in [3.63, 3.8) is 0 Å². The Morgan fingerprint density at radius 3 is 2.43 bits per heavy atom. The number of benzene rings is 3. The van der Waals surface area contributed by atoms with Crippen LogP contribution in [0.2, 0.25) is 0 Å². The van der Waals surface area contributed by atoms with E-state index in [9.17, 15) is 9.59 Å². The maximum atomic E-state index is 12.6. The number of para-hydroxylation sites is 3. The van der Waals surface area contributed by atoms with Gasteiger partial charge in [0.2, 0.25) is 11.5 Å². The van der Waals surface area contributed by atoms with E-state index in [1.165, 1.54) is 11.5 Å². The Balaban J connectivity index is 1.53. The van der Waals surface area contributed by atoms with Crippen LogP contribution in [0.3, 0.4) is 0 Å². The molecule has 0 unspecified atom stereocenters. The second-order valence-corrected chi connectivity index (χ2v) is 7.23. The Labute approximate surface area is 172 Å². The molecule has 5 rings (SSSR count). The summed E-state index contributed by atoms with van der Waals surface area (Å²) >= 11 is 0. The van der Waals surface area contributed by atoms with E-state index in [1.807, 2.05) is 42.5 Å². The van der Waals surface area contributed by atoms with Gasteiger partial charge in [0.05, 0.1) is 11.9 Å². The monoisotopic (exact) mass is 393 g/mol. The fourth-order valence-electron chi connectivity index (χ4n) is 3.86. The molecule has 0 bridgehead atoms. The molecular formula is C25H19N3O2. The third-order valence-electron chi connectivity index (χ3n) is 5.25. The molecule has 0 fully saturated rings. The minimum atomic E-state index is -0.184. The highest BCUT2D eigenvalue weighted by molar-refractivity contribution is 6.13. The summed E-state index contributed by atoms with van der Waals surface area (Å²) in [5.74, 6) is -0.140. The Bertz CT molecular complexity index is 1430. The van der Waals surface area contributed by atoms with Gasteiger partial charge in [-0.15, -0.1) is 0 Å². The zero-order chi connectivity index (χ0) is 20.5. The van der Waals surface area contributed by atoms with Crippen LogP contribution in [0.15, 0.2) is 89.9 Å². The number of carbonyl (C=O) groups excluding carboxylic acids is 1. The van der Waals surface area contributed by atoms with Crippen molar-refractivity contribution in [2.45, 2.75) is 6.42 Å². The van der Waals surface area contributed by atoms with E-state index in [0.717, 1.165) is 38.8 Å². The van der Waals surface area contributed by atoms with Crippen LogP contribution in [0.1, 0.15) is 5.56 Å². The maximum absolute atomic E-state index is 12.6. The Morgan fingerprint density at radius 2 is 1.57 bits per heavy atom. The first-order valence-corrected chi connectivity index (χ1v) is 9.75. The largest absolute Gasteiger partial charge is 0.354 e. The van der Waals surface area contributed by atoms with Crippen molar-refractivity contribution in [3.8, 4) is 11.1 Å². The molecule has 146 valence electrons. The Morgan fingerprint density at radius 1 is 0.800 bits per heavy atom. The number of pyridine rings is 1. The van der Waals surface area contributed by atoms with Crippen molar-refractivity contribution in [1.82, 2.24) is 9.97 Å². The minimum absolute atomic E-state index is 0.140. The van der Waals surface area contributed by atoms with Gasteiger partial charge in [-0.1, -0.05) is 60.7 Å². The van der Waals surface area contributed by atoms with Gasteiger partial charge in [0.1, 0.15) is 0 Å². The highest BCUT2D eigenvalue weighted by Crippen LogP contribution is 2.36. The van der Waals surface area contributed by atoms with Gasteiger partial charge in [-0.3, -0.25) is 9.59 Å². The molecular weight excluding hydrogens is 374 g/mol. The molecule has 0 atom stereocenters. The maximum Gasteiger partial charge on any atom is 0.247 e. The molecule has 1 amide bonds. The molecule has 0 saturated heterocycles. The third-order valence-corrected chi connectivity index (χ3v) is 5.25. The Hall–Kier alpha value is -4.12. The lowest BCUT2D eigenvalue weighted by Crippen LogP contribution is -2.16. The van der Waals surface area contributed by atoms with Crippen LogP contribution in [-0.2, 0) is 11.2 Å². The van der Waals surface area contributed by atoms with Crippen LogP contribution in [-0.4, -0.2) is 15.9 Å². The van der Waals surface area contributed by atoms with Crippen molar-refractivity contribution in [1.29, 1.82) is 0 Å². The van der Waals surface area contributed by atoms with E-state index >= 15 is 0 Å². The zero-order valence-corrected chi connectivity index (χ0v) is 16.1. The summed E-state index contributed by atoms with van der Waals surface area (Å²) in [5.41, 5.74) is 5.42. The fraction of sp³-hybridized carbons (Fsp3) is 0.0400. The second-order valence-electron chi connectivity index (χ2n) is 7.23. The summed E-state index contributed by atoms with van der Waals surface area (Å²) in [6, 6.07) is 25.3. The van der Waals surface area contributed by atoms with Crippen LogP contribution in [0.25, 0.3) is 32.9 Å². The summed E-state index contributed by atoms with van der Waals surface area (Å²) in [6.07, 6.45) is 1.75. The minimum Gasteiger partial charge on any atom is -0.354 e. The molecule has 2 heterocycles. The van der Waals surface area contributed by atoms with Crippen LogP contribution < -0.4 is 10.9 Å². The molecule has 0 radical (unpaired) electrons. The standard InChI is InChI=1S/C25H19N3O2/c29-23-13-12-16(15-26-23)14-24(30)27-21-10-3-1-6-17(21)19-8-5-9-20-18-7-2-4-11-22(18)28-25(19)20/h1-13,15,28H,14H2,(H,26,29)(H,27,30). The lowest BCUT2D eigenvalue weighted by atomic mass is 10.00. The van der Waals surface area contributed by atoms with Gasteiger partial charge in [0.25, 0.3) is 0 Å². The third kappa shape index (κ3) is 3.26. The summed E-state index contributed by atoms with van der Waals surface area (Å²) in [5, 5.41) is 5.35. The van der Waals surface area contributed by atoms with Crippen molar-refractivity contribution in [3.05, 3.63) is 101 Å². The number of fused-ring (bicyclic) bond motifs is 3. The molecule has 0 aliphatic heterocycles. The van der Waals surface area contributed by atoms with Gasteiger partial charge in [-0.05, 0) is 17.7 Å². The topological polar surface area (TPSA) is 77.8 Å². The normalized spacial score (nSPS) is 11.1. The van der Waals surface area contributed by atoms with Gasteiger partial charge in [0, 0.05) is 45.4 Å². The highest BCUT2D eigenvalue weighted by Gasteiger charge is 2.13. The molecule has 0 saturated carbocycles. The van der Waals surface area contributed by atoms with Gasteiger partial charge in [-0.25, -0.2) is 0 Å². The van der Waals surface area contributed by atoms with Crippen molar-refractivity contribution in [2.75, 3.05) is 5.32 Å². The lowest BCUT2D eigenvalue weighted by molar-refractivity contribution is -0.115. The Kier molecular flexibility index (Phi) is 4.41. The van der Waals surface area contributed by atoms with Crippen molar-refractivity contribution < 1.29 is 4.79 Å². The van der Waals surface area contributed by atoms with Crippen molar-refractivity contribution >= 4 is 33.4 Å². The number of carbonyl (C=O) groups is 1. The first-order chi connectivity index (χ1) is 14.7. The molecule has 2 aromatic heterocycles. The summed E-state index contributed by atoms with van der Waals surface area (Å²) in [7, 11) is 0. The summed E-state index contributed by atoms with van der Waals surface area (Å²) < 4.78 is 0. The van der Waals surface area contributed by atoms with Gasteiger partial charge in [-0.2, -0.15) is 0 Å². The average Bonchev–Trinajstić information content (AvgIpc) is 3.15. The number of hydrogen-bond acceptors (Lipinski definition) is 2. The number of H-pyrrole nitrogens is 2. The fourth-order valence-corrected chi connectivity index (χ4v) is 3.86. The van der Waals surface area contributed by atoms with Gasteiger partial charge in [0.15, 0.2) is 0 Å². The summed E-state index contributed by atoms with van der Waals surface area (Å²) in [4.78, 5) is 30.0. The smallest absolute Gasteiger partial charge is 0.247 e. The molecule has 5 nitrogen and oxygen atoms in total. The molecule has 5 aromatic rings. The quantitative estimate of drug-likeness (QED) is 0.408. The first kappa shape index (κ1) is 17.9. The van der Waals surface area contributed by atoms with Crippen LogP contribution in [0.5, 0.6) is 0 Å². The number of rotatable bonds is 4. The van der Waals surface area contributed by atoms with E-state index in [0.29, 0.717) is 0 Å². The SMILES string of the molecule is O=C(Cc1ccc(=O)[nH]c1)Nc1ccccc1-c1cccc2c1[nH]c1ccccc12. The average molecular weight is 393 g/mol. The second kappa shape index (κ2) is 7.37. The first-order valence-electron chi connectivity index (χ1n) is 9.75. The van der Waals surface area contributed by atoms with Crippen molar-refractivity contribution in [2.24, 2.45) is 0 Å². The van der Waals surface area contributed by atoms with E-state index in [2.05, 4.69) is 39.6 Å². The van der Waals surface area contributed by atoms with Crippen LogP contribution in [0, 0.1) is 0 Å². The lowest BCUT2D eigenvalue weighted by Gasteiger charge is -2.12. The predicted octanol–water partition coefficient (Wildman–Crippen LogP) is 4.86. The molecule has 0 aliphatic carbocycles. The predicted molar refractivity (Wildman–Crippen MR) is 121 cm³/mol. The number of anilines is 1. The van der Waals surface area contributed by atoms with Crippen LogP contribution in [0.4, 0.5) is 5.69 Å². The van der Waals surface area contributed by atoms with E-state index < -0.39 is 0 Å². The number of hydrogen-bond donors (Lipinski definition) is 3. The molecule has 30 heavy (non-hydrogen) atoms. The van der Waals surface area contributed by atoms with E-state index in [1.54, 1.807) is 12.3 Å². The number of aromatic amines is 2. The molecule has 0 aliphatic rings. The molecule has 5 heteroatoms. The number of nitrogens with one attached hydrogen (secondary N) is 3.